The summed E-state index contributed by atoms with van der Waals surface area (Å²) in [6.07, 6.45) is 1.52. The average Bonchev–Trinajstić information content (AvgIpc) is 2.70. The minimum atomic E-state index is -0.949. The van der Waals surface area contributed by atoms with Crippen LogP contribution in [0.3, 0.4) is 0 Å². The fraction of sp³-hybridized carbons (Fsp3) is 0.158. The predicted octanol–water partition coefficient (Wildman–Crippen LogP) is 4.27. The summed E-state index contributed by atoms with van der Waals surface area (Å²) in [6.45, 7) is 0. The van der Waals surface area contributed by atoms with Crippen molar-refractivity contribution < 1.29 is 23.0 Å². The molecule has 0 unspecified atom stereocenters. The molecule has 28 heavy (non-hydrogen) atoms. The highest BCUT2D eigenvalue weighted by atomic mass is 19.2. The van der Waals surface area contributed by atoms with Crippen LogP contribution in [0, 0.1) is 11.6 Å². The number of halogens is 2. The minimum Gasteiger partial charge on any atom is -0.493 e. The third-order valence-corrected chi connectivity index (χ3v) is 3.77. The summed E-state index contributed by atoms with van der Waals surface area (Å²) in [5, 5.41) is 5.93. The van der Waals surface area contributed by atoms with Gasteiger partial charge >= 0.3 is 0 Å². The molecule has 2 aromatic carbocycles. The number of methoxy groups -OCH3 is 3. The van der Waals surface area contributed by atoms with Gasteiger partial charge in [0, 0.05) is 35.8 Å². The highest BCUT2D eigenvalue weighted by molar-refractivity contribution is 5.66. The number of benzene rings is 2. The van der Waals surface area contributed by atoms with Crippen LogP contribution in [-0.4, -0.2) is 31.3 Å². The van der Waals surface area contributed by atoms with Gasteiger partial charge in [0.25, 0.3) is 0 Å². The van der Waals surface area contributed by atoms with E-state index in [1.807, 2.05) is 0 Å². The molecule has 0 spiro atoms. The summed E-state index contributed by atoms with van der Waals surface area (Å²) in [4.78, 5) is 8.46. The quantitative estimate of drug-likeness (QED) is 0.626. The number of ether oxygens (including phenoxy) is 3. The molecule has 0 aliphatic carbocycles. The van der Waals surface area contributed by atoms with Crippen molar-refractivity contribution in [2.75, 3.05) is 32.0 Å². The number of hydrogen-bond acceptors (Lipinski definition) is 7. The third-order valence-electron chi connectivity index (χ3n) is 3.77. The van der Waals surface area contributed by atoms with Crippen molar-refractivity contribution in [3.8, 4) is 17.2 Å². The lowest BCUT2D eigenvalue weighted by Gasteiger charge is -2.15. The Labute approximate surface area is 160 Å². The Morgan fingerprint density at radius 2 is 1.50 bits per heavy atom. The minimum absolute atomic E-state index is 0.279. The maximum absolute atomic E-state index is 13.4. The van der Waals surface area contributed by atoms with Crippen molar-refractivity contribution in [1.82, 2.24) is 9.97 Å². The molecule has 3 rings (SSSR count). The van der Waals surface area contributed by atoms with Gasteiger partial charge in [-0.15, -0.1) is 0 Å². The van der Waals surface area contributed by atoms with Gasteiger partial charge in [0.1, 0.15) is 5.82 Å². The zero-order valence-electron chi connectivity index (χ0n) is 15.4. The van der Waals surface area contributed by atoms with E-state index in [0.717, 1.165) is 12.1 Å². The van der Waals surface area contributed by atoms with Gasteiger partial charge in [-0.1, -0.05) is 0 Å². The van der Waals surface area contributed by atoms with E-state index in [4.69, 9.17) is 14.2 Å². The normalized spacial score (nSPS) is 10.3. The Kier molecular flexibility index (Phi) is 5.73. The molecule has 1 heterocycles. The third kappa shape index (κ3) is 4.20. The number of anilines is 4. The molecule has 0 saturated heterocycles. The van der Waals surface area contributed by atoms with Crippen molar-refractivity contribution in [3.05, 3.63) is 54.2 Å². The summed E-state index contributed by atoms with van der Waals surface area (Å²) in [5.41, 5.74) is 0.968. The molecule has 0 amide bonds. The van der Waals surface area contributed by atoms with Gasteiger partial charge < -0.3 is 24.8 Å². The molecule has 2 N–H and O–H groups in total. The second-order valence-corrected chi connectivity index (χ2v) is 5.56. The lowest BCUT2D eigenvalue weighted by molar-refractivity contribution is 0.324. The summed E-state index contributed by atoms with van der Waals surface area (Å²) < 4.78 is 42.3. The van der Waals surface area contributed by atoms with Crippen LogP contribution in [0.4, 0.5) is 31.9 Å². The fourth-order valence-electron chi connectivity index (χ4n) is 2.49. The molecular weight excluding hydrogens is 370 g/mol. The SMILES string of the molecule is COc1cc(Nc2nccc(Nc3ccc(F)c(F)c3)n2)cc(OC)c1OC. The molecule has 7 nitrogen and oxygen atoms in total. The number of rotatable bonds is 7. The predicted molar refractivity (Wildman–Crippen MR) is 101 cm³/mol. The van der Waals surface area contributed by atoms with Gasteiger partial charge in [-0.05, 0) is 18.2 Å². The van der Waals surface area contributed by atoms with Crippen LogP contribution >= 0.6 is 0 Å². The van der Waals surface area contributed by atoms with Crippen LogP contribution in [0.15, 0.2) is 42.6 Å². The van der Waals surface area contributed by atoms with Crippen LogP contribution in [0.2, 0.25) is 0 Å². The summed E-state index contributed by atoms with van der Waals surface area (Å²) in [5.74, 6) is 0.219. The van der Waals surface area contributed by atoms with Crippen LogP contribution < -0.4 is 24.8 Å². The molecule has 0 aliphatic heterocycles. The number of nitrogens with zero attached hydrogens (tertiary/aromatic N) is 2. The Bertz CT molecular complexity index is 960. The first-order valence-electron chi connectivity index (χ1n) is 8.16. The molecule has 0 bridgehead atoms. The lowest BCUT2D eigenvalue weighted by Crippen LogP contribution is -2.02. The first-order chi connectivity index (χ1) is 13.5. The summed E-state index contributed by atoms with van der Waals surface area (Å²) >= 11 is 0. The number of aromatic nitrogens is 2. The van der Waals surface area contributed by atoms with Crippen molar-refractivity contribution in [1.29, 1.82) is 0 Å². The van der Waals surface area contributed by atoms with Gasteiger partial charge in [0.2, 0.25) is 11.7 Å². The standard InChI is InChI=1S/C19H18F2N4O3/c1-26-15-9-12(10-16(27-2)18(15)28-3)24-19-22-7-6-17(25-19)23-11-4-5-13(20)14(21)8-11/h4-10H,1-3H3,(H2,22,23,24,25). The average molecular weight is 388 g/mol. The van der Waals surface area contributed by atoms with Gasteiger partial charge in [0.05, 0.1) is 21.3 Å². The number of hydrogen-bond donors (Lipinski definition) is 2. The second-order valence-electron chi connectivity index (χ2n) is 5.56. The van der Waals surface area contributed by atoms with E-state index < -0.39 is 11.6 Å². The summed E-state index contributed by atoms with van der Waals surface area (Å²) in [7, 11) is 4.55. The molecule has 3 aromatic rings. The van der Waals surface area contributed by atoms with Crippen molar-refractivity contribution in [3.63, 3.8) is 0 Å². The zero-order valence-corrected chi connectivity index (χ0v) is 15.4. The van der Waals surface area contributed by atoms with Crippen molar-refractivity contribution >= 4 is 23.1 Å². The zero-order chi connectivity index (χ0) is 20.1. The first kappa shape index (κ1) is 19.2. The molecule has 9 heteroatoms. The smallest absolute Gasteiger partial charge is 0.229 e. The Morgan fingerprint density at radius 1 is 0.786 bits per heavy atom. The van der Waals surface area contributed by atoms with E-state index in [-0.39, 0.29) is 5.95 Å². The van der Waals surface area contributed by atoms with Crippen molar-refractivity contribution in [2.24, 2.45) is 0 Å². The topological polar surface area (TPSA) is 77.5 Å². The molecule has 0 aliphatic rings. The highest BCUT2D eigenvalue weighted by Gasteiger charge is 2.14. The molecule has 1 aromatic heterocycles. The van der Waals surface area contributed by atoms with Gasteiger partial charge in [-0.2, -0.15) is 4.98 Å². The summed E-state index contributed by atoms with van der Waals surface area (Å²) in [6, 6.07) is 8.51. The van der Waals surface area contributed by atoms with Crippen LogP contribution in [0.1, 0.15) is 0 Å². The van der Waals surface area contributed by atoms with E-state index in [1.165, 1.54) is 33.6 Å². The van der Waals surface area contributed by atoms with Crippen LogP contribution in [0.25, 0.3) is 0 Å². The Hall–Kier alpha value is -3.62. The second kappa shape index (κ2) is 8.38. The van der Waals surface area contributed by atoms with E-state index in [0.29, 0.717) is 34.4 Å². The van der Waals surface area contributed by atoms with E-state index >= 15 is 0 Å². The van der Waals surface area contributed by atoms with Crippen molar-refractivity contribution in [2.45, 2.75) is 0 Å². The van der Waals surface area contributed by atoms with Crippen LogP contribution in [0.5, 0.6) is 17.2 Å². The Balaban J connectivity index is 1.83. The van der Waals surface area contributed by atoms with E-state index in [9.17, 15) is 8.78 Å². The molecule has 0 atom stereocenters. The maximum atomic E-state index is 13.4. The molecule has 0 radical (unpaired) electrons. The van der Waals surface area contributed by atoms with Crippen LogP contribution in [-0.2, 0) is 0 Å². The molecule has 0 saturated carbocycles. The van der Waals surface area contributed by atoms with Gasteiger partial charge in [-0.3, -0.25) is 0 Å². The maximum Gasteiger partial charge on any atom is 0.229 e. The van der Waals surface area contributed by atoms with Gasteiger partial charge in [0.15, 0.2) is 23.1 Å². The number of nitrogens with one attached hydrogen (secondary N) is 2. The lowest BCUT2D eigenvalue weighted by atomic mass is 10.2. The molecule has 0 fully saturated rings. The highest BCUT2D eigenvalue weighted by Crippen LogP contribution is 2.40. The van der Waals surface area contributed by atoms with Gasteiger partial charge in [-0.25, -0.2) is 13.8 Å². The largest absolute Gasteiger partial charge is 0.493 e. The van der Waals surface area contributed by atoms with E-state index in [1.54, 1.807) is 18.2 Å². The monoisotopic (exact) mass is 388 g/mol. The van der Waals surface area contributed by atoms with E-state index in [2.05, 4.69) is 20.6 Å². The first-order valence-corrected chi connectivity index (χ1v) is 8.16. The fourth-order valence-corrected chi connectivity index (χ4v) is 2.49. The Morgan fingerprint density at radius 3 is 2.11 bits per heavy atom. The molecular formula is C19H18F2N4O3. The molecule has 146 valence electrons.